The first-order valence-corrected chi connectivity index (χ1v) is 13.6. The van der Waals surface area contributed by atoms with Crippen molar-refractivity contribution in [3.63, 3.8) is 0 Å². The molecule has 2 aliphatic rings. The highest BCUT2D eigenvalue weighted by Crippen LogP contribution is 2.40. The van der Waals surface area contributed by atoms with Crippen LogP contribution in [0.1, 0.15) is 42.5 Å². The van der Waals surface area contributed by atoms with Crippen LogP contribution in [0.25, 0.3) is 5.76 Å². The number of aliphatic hydroxyl groups is 1. The molecule has 0 spiro atoms. The van der Waals surface area contributed by atoms with Gasteiger partial charge >= 0.3 is 0 Å². The van der Waals surface area contributed by atoms with Gasteiger partial charge in [0.15, 0.2) is 6.61 Å². The van der Waals surface area contributed by atoms with Gasteiger partial charge in [0.2, 0.25) is 0 Å². The number of aliphatic hydroxyl groups excluding tert-OH is 1. The Bertz CT molecular complexity index is 1250. The maximum absolute atomic E-state index is 13.4. The third-order valence-electron chi connectivity index (χ3n) is 7.00. The van der Waals surface area contributed by atoms with Gasteiger partial charge in [0.05, 0.1) is 31.4 Å². The van der Waals surface area contributed by atoms with E-state index >= 15 is 0 Å². The SMILES string of the molecule is CCCOc1ccc(/C(O)=C2\C(=O)C(=O)N(CCCN3CCOCC3)C2c2ccc(OCC(N)=O)cc2)cc1C. The zero-order chi connectivity index (χ0) is 28.6. The first kappa shape index (κ1) is 29.1. The van der Waals surface area contributed by atoms with Crippen LogP contribution in [0.3, 0.4) is 0 Å². The molecule has 214 valence electrons. The van der Waals surface area contributed by atoms with Crippen molar-refractivity contribution in [3.05, 3.63) is 64.7 Å². The molecule has 2 aromatic rings. The molecule has 0 saturated carbocycles. The highest BCUT2D eigenvalue weighted by atomic mass is 16.5. The molecule has 2 aromatic carbocycles. The van der Waals surface area contributed by atoms with Crippen LogP contribution in [-0.4, -0.2) is 85.1 Å². The van der Waals surface area contributed by atoms with Gasteiger partial charge in [-0.15, -0.1) is 0 Å². The number of hydrogen-bond acceptors (Lipinski definition) is 8. The summed E-state index contributed by atoms with van der Waals surface area (Å²) in [5.74, 6) is -1.10. The standard InChI is InChI=1S/C30H37N3O7/c1-3-15-39-24-10-7-22(18-20(24)2)28(35)26-27(21-5-8-23(9-6-21)40-19-25(31)34)33(30(37)29(26)36)12-4-11-32-13-16-38-17-14-32/h5-10,18,27,35H,3-4,11-17,19H2,1-2H3,(H2,31,34)/b28-26+. The highest BCUT2D eigenvalue weighted by Gasteiger charge is 2.45. The number of morpholine rings is 1. The summed E-state index contributed by atoms with van der Waals surface area (Å²) in [5.41, 5.74) is 7.08. The molecule has 2 heterocycles. The predicted molar refractivity (Wildman–Crippen MR) is 149 cm³/mol. The number of benzene rings is 2. The molecule has 2 aliphatic heterocycles. The average molecular weight is 552 g/mol. The summed E-state index contributed by atoms with van der Waals surface area (Å²) in [6, 6.07) is 11.2. The highest BCUT2D eigenvalue weighted by molar-refractivity contribution is 6.46. The fraction of sp³-hybridized carbons (Fsp3) is 0.433. The molecule has 0 aromatic heterocycles. The van der Waals surface area contributed by atoms with Gasteiger partial charge < -0.3 is 30.0 Å². The van der Waals surface area contributed by atoms with Crippen molar-refractivity contribution < 1.29 is 33.7 Å². The van der Waals surface area contributed by atoms with Gasteiger partial charge in [0, 0.05) is 31.7 Å². The molecule has 0 aliphatic carbocycles. The Hall–Kier alpha value is -3.89. The van der Waals surface area contributed by atoms with Gasteiger partial charge in [-0.05, 0) is 61.2 Å². The van der Waals surface area contributed by atoms with Crippen LogP contribution < -0.4 is 15.2 Å². The Kier molecular flexibility index (Phi) is 9.79. The normalized spacial score (nSPS) is 19.1. The van der Waals surface area contributed by atoms with Crippen molar-refractivity contribution in [1.82, 2.24) is 9.80 Å². The van der Waals surface area contributed by atoms with E-state index in [0.717, 1.165) is 31.6 Å². The maximum atomic E-state index is 13.4. The Morgan fingerprint density at radius 2 is 1.80 bits per heavy atom. The fourth-order valence-corrected chi connectivity index (χ4v) is 4.97. The van der Waals surface area contributed by atoms with Gasteiger partial charge in [-0.3, -0.25) is 19.3 Å². The van der Waals surface area contributed by atoms with Crippen molar-refractivity contribution in [3.8, 4) is 11.5 Å². The van der Waals surface area contributed by atoms with Crippen molar-refractivity contribution in [2.75, 3.05) is 52.6 Å². The number of Topliss-reactive ketones (excluding diaryl/α,β-unsaturated/α-hetero) is 1. The Balaban J connectivity index is 1.66. The summed E-state index contributed by atoms with van der Waals surface area (Å²) in [6.45, 7) is 8.30. The molecule has 40 heavy (non-hydrogen) atoms. The number of nitrogens with zero attached hydrogens (tertiary/aromatic N) is 2. The number of ketones is 1. The Morgan fingerprint density at radius 1 is 1.07 bits per heavy atom. The molecule has 3 N–H and O–H groups in total. The first-order chi connectivity index (χ1) is 19.3. The summed E-state index contributed by atoms with van der Waals surface area (Å²) in [7, 11) is 0. The monoisotopic (exact) mass is 551 g/mol. The van der Waals surface area contributed by atoms with E-state index < -0.39 is 23.6 Å². The number of likely N-dealkylation sites (tertiary alicyclic amines) is 1. The van der Waals surface area contributed by atoms with E-state index in [0.29, 0.717) is 55.4 Å². The van der Waals surface area contributed by atoms with Gasteiger partial charge in [-0.1, -0.05) is 19.1 Å². The van der Waals surface area contributed by atoms with Crippen LogP contribution >= 0.6 is 0 Å². The van der Waals surface area contributed by atoms with Crippen LogP contribution in [0.15, 0.2) is 48.0 Å². The molecular formula is C30H37N3O7. The first-order valence-electron chi connectivity index (χ1n) is 13.6. The number of carbonyl (C=O) groups is 3. The number of primary amides is 1. The molecule has 2 fully saturated rings. The molecule has 0 radical (unpaired) electrons. The van der Waals surface area contributed by atoms with E-state index in [1.165, 1.54) is 4.90 Å². The largest absolute Gasteiger partial charge is 0.507 e. The summed E-state index contributed by atoms with van der Waals surface area (Å²) in [4.78, 5) is 41.6. The molecule has 2 saturated heterocycles. The molecule has 10 heteroatoms. The van der Waals surface area contributed by atoms with E-state index in [4.69, 9.17) is 19.9 Å². The lowest BCUT2D eigenvalue weighted by atomic mass is 9.94. The number of amides is 2. The smallest absolute Gasteiger partial charge is 0.295 e. The minimum atomic E-state index is -0.786. The number of aryl methyl sites for hydroxylation is 1. The molecule has 0 bridgehead atoms. The minimum absolute atomic E-state index is 0.0313. The van der Waals surface area contributed by atoms with Crippen LogP contribution in [0, 0.1) is 6.92 Å². The third kappa shape index (κ3) is 6.81. The lowest BCUT2D eigenvalue weighted by Gasteiger charge is -2.29. The van der Waals surface area contributed by atoms with Crippen LogP contribution in [0.2, 0.25) is 0 Å². The second-order valence-electron chi connectivity index (χ2n) is 9.95. The molecule has 1 atom stereocenters. The molecule has 1 unspecified atom stereocenters. The minimum Gasteiger partial charge on any atom is -0.507 e. The van der Waals surface area contributed by atoms with Crippen LogP contribution in [0.5, 0.6) is 11.5 Å². The van der Waals surface area contributed by atoms with Crippen molar-refractivity contribution in [1.29, 1.82) is 0 Å². The van der Waals surface area contributed by atoms with E-state index in [1.54, 1.807) is 42.5 Å². The number of carbonyl (C=O) groups excluding carboxylic acids is 3. The quantitative estimate of drug-likeness (QED) is 0.234. The number of hydrogen-bond donors (Lipinski definition) is 2. The van der Waals surface area contributed by atoms with Crippen molar-refractivity contribution in [2.24, 2.45) is 5.73 Å². The molecule has 10 nitrogen and oxygen atoms in total. The zero-order valence-electron chi connectivity index (χ0n) is 23.1. The van der Waals surface area contributed by atoms with Gasteiger partial charge in [-0.25, -0.2) is 0 Å². The topological polar surface area (TPSA) is 132 Å². The third-order valence-corrected chi connectivity index (χ3v) is 7.00. The Labute approximate surface area is 234 Å². The number of ether oxygens (including phenoxy) is 3. The maximum Gasteiger partial charge on any atom is 0.295 e. The second-order valence-corrected chi connectivity index (χ2v) is 9.95. The summed E-state index contributed by atoms with van der Waals surface area (Å²) in [6.07, 6.45) is 1.52. The van der Waals surface area contributed by atoms with E-state index in [9.17, 15) is 19.5 Å². The predicted octanol–water partition coefficient (Wildman–Crippen LogP) is 2.79. The second kappa shape index (κ2) is 13.5. The summed E-state index contributed by atoms with van der Waals surface area (Å²) >= 11 is 0. The summed E-state index contributed by atoms with van der Waals surface area (Å²) in [5, 5.41) is 11.4. The average Bonchev–Trinajstić information content (AvgIpc) is 3.21. The molecule has 4 rings (SSSR count). The van der Waals surface area contributed by atoms with Crippen molar-refractivity contribution >= 4 is 23.4 Å². The van der Waals surface area contributed by atoms with Crippen LogP contribution in [-0.2, 0) is 19.1 Å². The fourth-order valence-electron chi connectivity index (χ4n) is 4.97. The lowest BCUT2D eigenvalue weighted by molar-refractivity contribution is -0.140. The number of nitrogens with two attached hydrogens (primary N) is 1. The van der Waals surface area contributed by atoms with E-state index in [2.05, 4.69) is 4.90 Å². The molecular weight excluding hydrogens is 514 g/mol. The van der Waals surface area contributed by atoms with Gasteiger partial charge in [0.1, 0.15) is 17.3 Å². The van der Waals surface area contributed by atoms with E-state index in [1.807, 2.05) is 13.8 Å². The van der Waals surface area contributed by atoms with Gasteiger partial charge in [-0.2, -0.15) is 0 Å². The number of rotatable bonds is 12. The molecule has 2 amide bonds. The lowest BCUT2D eigenvalue weighted by Crippen LogP contribution is -2.38. The zero-order valence-corrected chi connectivity index (χ0v) is 23.1. The van der Waals surface area contributed by atoms with Gasteiger partial charge in [0.25, 0.3) is 17.6 Å². The van der Waals surface area contributed by atoms with E-state index in [-0.39, 0.29) is 17.9 Å². The Morgan fingerprint density at radius 3 is 2.45 bits per heavy atom. The van der Waals surface area contributed by atoms with Crippen molar-refractivity contribution in [2.45, 2.75) is 32.7 Å². The van der Waals surface area contributed by atoms with Crippen LogP contribution in [0.4, 0.5) is 0 Å². The summed E-state index contributed by atoms with van der Waals surface area (Å²) < 4.78 is 16.5.